The molecule has 0 radical (unpaired) electrons. The van der Waals surface area contributed by atoms with Gasteiger partial charge in [-0.25, -0.2) is 0 Å². The molecule has 2 saturated heterocycles. The Morgan fingerprint density at radius 2 is 1.68 bits per heavy atom. The van der Waals surface area contributed by atoms with Crippen LogP contribution in [-0.4, -0.2) is 62.7 Å². The van der Waals surface area contributed by atoms with Gasteiger partial charge in [0.1, 0.15) is 0 Å². The van der Waals surface area contributed by atoms with Crippen molar-refractivity contribution in [3.05, 3.63) is 0 Å². The SMILES string of the molecule is CC(CCN1CCOC1)CC(C)(C)CN1CCOC1. The van der Waals surface area contributed by atoms with E-state index in [0.29, 0.717) is 5.41 Å². The molecule has 0 aromatic rings. The molecule has 2 fully saturated rings. The number of rotatable bonds is 7. The monoisotopic (exact) mass is 270 g/mol. The Balaban J connectivity index is 1.65. The summed E-state index contributed by atoms with van der Waals surface area (Å²) in [4.78, 5) is 4.85. The van der Waals surface area contributed by atoms with Gasteiger partial charge in [0.25, 0.3) is 0 Å². The first-order valence-corrected chi connectivity index (χ1v) is 7.65. The fourth-order valence-electron chi connectivity index (χ4n) is 3.32. The molecule has 0 aromatic carbocycles. The van der Waals surface area contributed by atoms with Gasteiger partial charge in [0.2, 0.25) is 0 Å². The van der Waals surface area contributed by atoms with E-state index in [1.54, 1.807) is 0 Å². The molecule has 1 unspecified atom stereocenters. The second-order valence-corrected chi connectivity index (χ2v) is 7.01. The Kier molecular flexibility index (Phi) is 5.63. The van der Waals surface area contributed by atoms with Crippen molar-refractivity contribution in [3.8, 4) is 0 Å². The molecule has 0 aromatic heterocycles. The van der Waals surface area contributed by atoms with Gasteiger partial charge in [0.05, 0.1) is 26.7 Å². The standard InChI is InChI=1S/C15H30N2O2/c1-14(4-5-16-6-8-18-12-16)10-15(2,3)11-17-7-9-19-13-17/h14H,4-13H2,1-3H3. The van der Waals surface area contributed by atoms with E-state index in [-0.39, 0.29) is 0 Å². The van der Waals surface area contributed by atoms with Crippen molar-refractivity contribution in [2.24, 2.45) is 11.3 Å². The third kappa shape index (κ3) is 5.38. The van der Waals surface area contributed by atoms with E-state index in [1.807, 2.05) is 0 Å². The van der Waals surface area contributed by atoms with Gasteiger partial charge in [-0.15, -0.1) is 0 Å². The highest BCUT2D eigenvalue weighted by Gasteiger charge is 2.26. The first-order chi connectivity index (χ1) is 9.05. The highest BCUT2D eigenvalue weighted by Crippen LogP contribution is 2.29. The van der Waals surface area contributed by atoms with Crippen LogP contribution in [-0.2, 0) is 9.47 Å². The van der Waals surface area contributed by atoms with Crippen molar-refractivity contribution in [1.82, 2.24) is 9.80 Å². The molecule has 4 nitrogen and oxygen atoms in total. The Hall–Kier alpha value is -0.160. The molecular formula is C15H30N2O2. The Morgan fingerprint density at radius 3 is 2.26 bits per heavy atom. The molecule has 0 N–H and O–H groups in total. The van der Waals surface area contributed by atoms with Crippen LogP contribution in [0.15, 0.2) is 0 Å². The maximum atomic E-state index is 5.43. The topological polar surface area (TPSA) is 24.9 Å². The summed E-state index contributed by atoms with van der Waals surface area (Å²) in [5, 5.41) is 0. The summed E-state index contributed by atoms with van der Waals surface area (Å²) in [5.74, 6) is 0.777. The number of nitrogens with zero attached hydrogens (tertiary/aromatic N) is 2. The molecule has 0 aliphatic carbocycles. The average molecular weight is 270 g/mol. The molecule has 0 spiro atoms. The van der Waals surface area contributed by atoms with Gasteiger partial charge < -0.3 is 9.47 Å². The van der Waals surface area contributed by atoms with Crippen LogP contribution in [0.1, 0.15) is 33.6 Å². The van der Waals surface area contributed by atoms with Crippen molar-refractivity contribution < 1.29 is 9.47 Å². The largest absolute Gasteiger partial charge is 0.365 e. The van der Waals surface area contributed by atoms with Crippen LogP contribution < -0.4 is 0 Å². The molecular weight excluding hydrogens is 240 g/mol. The van der Waals surface area contributed by atoms with Crippen molar-refractivity contribution >= 4 is 0 Å². The normalized spacial score (nSPS) is 24.2. The quantitative estimate of drug-likeness (QED) is 0.706. The smallest absolute Gasteiger partial charge is 0.0991 e. The van der Waals surface area contributed by atoms with Crippen LogP contribution in [0.4, 0.5) is 0 Å². The van der Waals surface area contributed by atoms with Crippen LogP contribution in [0.3, 0.4) is 0 Å². The average Bonchev–Trinajstić information content (AvgIpc) is 2.97. The van der Waals surface area contributed by atoms with Gasteiger partial charge in [0, 0.05) is 26.2 Å². The van der Waals surface area contributed by atoms with E-state index >= 15 is 0 Å². The molecule has 0 saturated carbocycles. The van der Waals surface area contributed by atoms with E-state index in [4.69, 9.17) is 9.47 Å². The molecule has 112 valence electrons. The highest BCUT2D eigenvalue weighted by molar-refractivity contribution is 4.77. The molecule has 19 heavy (non-hydrogen) atoms. The van der Waals surface area contributed by atoms with Gasteiger partial charge in [-0.05, 0) is 24.2 Å². The molecule has 1 atom stereocenters. The zero-order chi connectivity index (χ0) is 13.7. The lowest BCUT2D eigenvalue weighted by atomic mass is 9.81. The number of ether oxygens (including phenoxy) is 2. The van der Waals surface area contributed by atoms with E-state index < -0.39 is 0 Å². The number of hydrogen-bond donors (Lipinski definition) is 0. The Bertz CT molecular complexity index is 259. The minimum Gasteiger partial charge on any atom is -0.365 e. The molecule has 0 amide bonds. The minimum absolute atomic E-state index is 0.384. The first kappa shape index (κ1) is 15.2. The van der Waals surface area contributed by atoms with Crippen molar-refractivity contribution in [3.63, 3.8) is 0 Å². The van der Waals surface area contributed by atoms with Gasteiger partial charge >= 0.3 is 0 Å². The zero-order valence-corrected chi connectivity index (χ0v) is 12.9. The van der Waals surface area contributed by atoms with E-state index in [2.05, 4.69) is 30.6 Å². The summed E-state index contributed by atoms with van der Waals surface area (Å²) in [6, 6.07) is 0. The van der Waals surface area contributed by atoms with Crippen molar-refractivity contribution in [1.29, 1.82) is 0 Å². The van der Waals surface area contributed by atoms with Crippen LogP contribution >= 0.6 is 0 Å². The van der Waals surface area contributed by atoms with Gasteiger partial charge in [-0.2, -0.15) is 0 Å². The second-order valence-electron chi connectivity index (χ2n) is 7.01. The lowest BCUT2D eigenvalue weighted by Crippen LogP contribution is -2.34. The fraction of sp³-hybridized carbons (Fsp3) is 1.00. The third-order valence-electron chi connectivity index (χ3n) is 4.14. The van der Waals surface area contributed by atoms with Crippen molar-refractivity contribution in [2.45, 2.75) is 33.6 Å². The summed E-state index contributed by atoms with van der Waals surface area (Å²) in [7, 11) is 0. The van der Waals surface area contributed by atoms with Crippen LogP contribution in [0, 0.1) is 11.3 Å². The van der Waals surface area contributed by atoms with Gasteiger partial charge in [-0.3, -0.25) is 9.80 Å². The maximum absolute atomic E-state index is 5.43. The summed E-state index contributed by atoms with van der Waals surface area (Å²) >= 11 is 0. The van der Waals surface area contributed by atoms with Crippen LogP contribution in [0.5, 0.6) is 0 Å². The zero-order valence-electron chi connectivity index (χ0n) is 12.9. The summed E-state index contributed by atoms with van der Waals surface area (Å²) in [5.41, 5.74) is 0.384. The summed E-state index contributed by atoms with van der Waals surface area (Å²) in [6.07, 6.45) is 2.57. The predicted octanol–water partition coefficient (Wildman–Crippen LogP) is 2.01. The number of hydrogen-bond acceptors (Lipinski definition) is 4. The minimum atomic E-state index is 0.384. The Morgan fingerprint density at radius 1 is 1.05 bits per heavy atom. The summed E-state index contributed by atoms with van der Waals surface area (Å²) < 4.78 is 10.8. The Labute approximate surface area is 118 Å². The lowest BCUT2D eigenvalue weighted by Gasteiger charge is -2.32. The maximum Gasteiger partial charge on any atom is 0.0991 e. The summed E-state index contributed by atoms with van der Waals surface area (Å²) in [6.45, 7) is 15.2. The fourth-order valence-corrected chi connectivity index (χ4v) is 3.32. The molecule has 2 aliphatic rings. The highest BCUT2D eigenvalue weighted by atomic mass is 16.5. The molecule has 2 aliphatic heterocycles. The van der Waals surface area contributed by atoms with E-state index in [0.717, 1.165) is 52.2 Å². The second kappa shape index (κ2) is 7.02. The van der Waals surface area contributed by atoms with Gasteiger partial charge in [0.15, 0.2) is 0 Å². The third-order valence-corrected chi connectivity index (χ3v) is 4.14. The van der Waals surface area contributed by atoms with Crippen LogP contribution in [0.2, 0.25) is 0 Å². The molecule has 2 heterocycles. The van der Waals surface area contributed by atoms with Gasteiger partial charge in [-0.1, -0.05) is 20.8 Å². The molecule has 4 heteroatoms. The van der Waals surface area contributed by atoms with Crippen molar-refractivity contribution in [2.75, 3.05) is 52.9 Å². The van der Waals surface area contributed by atoms with E-state index in [9.17, 15) is 0 Å². The van der Waals surface area contributed by atoms with E-state index in [1.165, 1.54) is 19.4 Å². The first-order valence-electron chi connectivity index (χ1n) is 7.65. The molecule has 2 rings (SSSR count). The van der Waals surface area contributed by atoms with Crippen LogP contribution in [0.25, 0.3) is 0 Å². The predicted molar refractivity (Wildman–Crippen MR) is 77.0 cm³/mol. The lowest BCUT2D eigenvalue weighted by molar-refractivity contribution is 0.101. The molecule has 0 bridgehead atoms.